The Morgan fingerprint density at radius 2 is 2.11 bits per heavy atom. The predicted molar refractivity (Wildman–Crippen MR) is 41.4 cm³/mol. The number of rotatable bonds is 5. The normalized spacial score (nSPS) is 10.7. The molecule has 0 aromatic rings. The molecule has 0 unspecified atom stereocenters. The van der Waals surface area contributed by atoms with Gasteiger partial charge in [-0.05, 0) is 27.1 Å². The van der Waals surface area contributed by atoms with Crippen LogP contribution in [0.3, 0.4) is 0 Å². The molecule has 0 saturated carbocycles. The van der Waals surface area contributed by atoms with Crippen LogP contribution in [-0.2, 0) is 0 Å². The lowest BCUT2D eigenvalue weighted by Crippen LogP contribution is -2.27. The van der Waals surface area contributed by atoms with E-state index in [1.165, 1.54) is 0 Å². The van der Waals surface area contributed by atoms with Gasteiger partial charge >= 0.3 is 0 Å². The minimum absolute atomic E-state index is 1.00. The Labute approximate surface area is 58.2 Å². The molecule has 0 fully saturated rings. The molecule has 0 aliphatic heterocycles. The first-order valence-corrected chi connectivity index (χ1v) is 3.43. The Bertz CT molecular complexity index is 54.9. The van der Waals surface area contributed by atoms with Gasteiger partial charge < -0.3 is 10.2 Å². The second-order valence-corrected chi connectivity index (χ2v) is 2.26. The van der Waals surface area contributed by atoms with Crippen molar-refractivity contribution in [3.8, 4) is 0 Å². The molecule has 0 aromatic heterocycles. The largest absolute Gasteiger partial charge is 0.318 e. The minimum Gasteiger partial charge on any atom is -0.318 e. The van der Waals surface area contributed by atoms with Gasteiger partial charge in [-0.15, -0.1) is 0 Å². The van der Waals surface area contributed by atoms with Crippen LogP contribution in [0.2, 0.25) is 0 Å². The molecule has 0 aliphatic rings. The van der Waals surface area contributed by atoms with E-state index in [0.717, 1.165) is 26.1 Å². The van der Waals surface area contributed by atoms with Crippen LogP contribution in [0.5, 0.6) is 0 Å². The maximum atomic E-state index is 3.77. The van der Waals surface area contributed by atoms with Crippen molar-refractivity contribution in [1.82, 2.24) is 10.2 Å². The van der Waals surface area contributed by atoms with Crippen molar-refractivity contribution in [3.63, 3.8) is 0 Å². The summed E-state index contributed by atoms with van der Waals surface area (Å²) in [6, 6.07) is 0. The second-order valence-electron chi connectivity index (χ2n) is 2.26. The summed E-state index contributed by atoms with van der Waals surface area (Å²) in [7, 11) is 4.08. The van der Waals surface area contributed by atoms with Crippen molar-refractivity contribution in [2.24, 2.45) is 0 Å². The molecule has 0 aliphatic carbocycles. The predicted octanol–water partition coefficient (Wildman–Crippen LogP) is 0.362. The molecule has 0 amide bonds. The molecule has 1 N–H and O–H groups in total. The van der Waals surface area contributed by atoms with Crippen LogP contribution in [0, 0.1) is 6.92 Å². The Morgan fingerprint density at radius 3 is 2.56 bits per heavy atom. The third kappa shape index (κ3) is 5.80. The van der Waals surface area contributed by atoms with E-state index >= 15 is 0 Å². The van der Waals surface area contributed by atoms with Gasteiger partial charge in [0.15, 0.2) is 0 Å². The van der Waals surface area contributed by atoms with Crippen molar-refractivity contribution in [1.29, 1.82) is 0 Å². The highest BCUT2D eigenvalue weighted by Crippen LogP contribution is 1.82. The lowest BCUT2D eigenvalue weighted by Gasteiger charge is -2.13. The van der Waals surface area contributed by atoms with Crippen molar-refractivity contribution in [2.45, 2.75) is 6.42 Å². The van der Waals surface area contributed by atoms with E-state index in [4.69, 9.17) is 0 Å². The summed E-state index contributed by atoms with van der Waals surface area (Å²) < 4.78 is 0. The van der Waals surface area contributed by atoms with Crippen LogP contribution in [0.15, 0.2) is 0 Å². The molecule has 0 atom stereocenters. The average Bonchev–Trinajstić information content (AvgIpc) is 1.85. The third-order valence-corrected chi connectivity index (χ3v) is 1.28. The fraction of sp³-hybridized carbons (Fsp3) is 0.857. The first kappa shape index (κ1) is 8.92. The van der Waals surface area contributed by atoms with E-state index in [2.05, 4.69) is 24.2 Å². The summed E-state index contributed by atoms with van der Waals surface area (Å²) in [6.07, 6.45) is 1.00. The lowest BCUT2D eigenvalue weighted by molar-refractivity contribution is 0.341. The summed E-state index contributed by atoms with van der Waals surface area (Å²) in [4.78, 5) is 2.27. The minimum atomic E-state index is 1.00. The number of hydrogen-bond acceptors (Lipinski definition) is 2. The van der Waals surface area contributed by atoms with Crippen LogP contribution in [0.4, 0.5) is 0 Å². The summed E-state index contributed by atoms with van der Waals surface area (Å²) in [5.41, 5.74) is 0. The number of nitrogens with one attached hydrogen (secondary N) is 1. The summed E-state index contributed by atoms with van der Waals surface area (Å²) >= 11 is 0. The van der Waals surface area contributed by atoms with E-state index in [9.17, 15) is 0 Å². The topological polar surface area (TPSA) is 15.3 Å². The number of likely N-dealkylation sites (N-methyl/N-ethyl adjacent to an activating group) is 2. The summed E-state index contributed by atoms with van der Waals surface area (Å²) in [5, 5.41) is 3.09. The van der Waals surface area contributed by atoms with E-state index in [1.54, 1.807) is 0 Å². The van der Waals surface area contributed by atoms with Gasteiger partial charge in [-0.2, -0.15) is 0 Å². The van der Waals surface area contributed by atoms with Crippen LogP contribution in [0.25, 0.3) is 0 Å². The highest BCUT2D eigenvalue weighted by molar-refractivity contribution is 4.52. The summed E-state index contributed by atoms with van der Waals surface area (Å²) in [6.45, 7) is 7.05. The van der Waals surface area contributed by atoms with Gasteiger partial charge in [-0.3, -0.25) is 0 Å². The van der Waals surface area contributed by atoms with Crippen LogP contribution in [0.1, 0.15) is 6.42 Å². The zero-order valence-corrected chi connectivity index (χ0v) is 6.48. The molecule has 2 heteroatoms. The lowest BCUT2D eigenvalue weighted by atomic mass is 10.4. The number of hydrogen-bond donors (Lipinski definition) is 1. The van der Waals surface area contributed by atoms with Gasteiger partial charge in [0.05, 0.1) is 0 Å². The molecule has 55 valence electrons. The smallest absolute Gasteiger partial charge is 0.0104 e. The molecule has 9 heavy (non-hydrogen) atoms. The molecule has 2 nitrogen and oxygen atoms in total. The maximum absolute atomic E-state index is 3.77. The van der Waals surface area contributed by atoms with Gasteiger partial charge in [0.25, 0.3) is 0 Å². The first-order valence-electron chi connectivity index (χ1n) is 3.43. The second kappa shape index (κ2) is 6.05. The molecule has 0 rings (SSSR count). The maximum Gasteiger partial charge on any atom is 0.0104 e. The number of nitrogens with zero attached hydrogens (tertiary/aromatic N) is 1. The molecule has 0 saturated heterocycles. The zero-order valence-electron chi connectivity index (χ0n) is 6.48. The molecule has 0 aromatic carbocycles. The van der Waals surface area contributed by atoms with Crippen LogP contribution >= 0.6 is 0 Å². The van der Waals surface area contributed by atoms with Gasteiger partial charge in [0.2, 0.25) is 0 Å². The quantitative estimate of drug-likeness (QED) is 0.576. The van der Waals surface area contributed by atoms with Crippen molar-refractivity contribution < 1.29 is 0 Å². The Hall–Kier alpha value is -0.0800. The van der Waals surface area contributed by atoms with Crippen molar-refractivity contribution in [2.75, 3.05) is 33.7 Å². The molecular formula is C7H17N2. The Kier molecular flexibility index (Phi) is 5.99. The van der Waals surface area contributed by atoms with E-state index in [1.807, 2.05) is 7.05 Å². The highest BCUT2D eigenvalue weighted by Gasteiger charge is 1.92. The first-order chi connectivity index (χ1) is 4.31. The average molecular weight is 129 g/mol. The van der Waals surface area contributed by atoms with Crippen LogP contribution < -0.4 is 5.32 Å². The van der Waals surface area contributed by atoms with Gasteiger partial charge in [0, 0.05) is 13.1 Å². The van der Waals surface area contributed by atoms with Crippen molar-refractivity contribution >= 4 is 0 Å². The SMILES string of the molecule is [CH2]CCN(C)CCNC. The third-order valence-electron chi connectivity index (χ3n) is 1.28. The molecule has 1 radical (unpaired) electrons. The van der Waals surface area contributed by atoms with Gasteiger partial charge in [-0.1, -0.05) is 6.92 Å². The summed E-state index contributed by atoms with van der Waals surface area (Å²) in [5.74, 6) is 0. The van der Waals surface area contributed by atoms with Crippen LogP contribution in [-0.4, -0.2) is 38.6 Å². The standard InChI is InChI=1S/C7H17N2/c1-4-6-9(3)7-5-8-2/h8H,1,4-7H2,2-3H3. The zero-order chi connectivity index (χ0) is 7.11. The Balaban J connectivity index is 2.95. The van der Waals surface area contributed by atoms with E-state index in [0.29, 0.717) is 0 Å². The molecule has 0 heterocycles. The van der Waals surface area contributed by atoms with E-state index in [-0.39, 0.29) is 0 Å². The Morgan fingerprint density at radius 1 is 1.44 bits per heavy atom. The molecule has 0 bridgehead atoms. The highest BCUT2D eigenvalue weighted by atomic mass is 15.1. The molecule has 0 spiro atoms. The van der Waals surface area contributed by atoms with Gasteiger partial charge in [-0.25, -0.2) is 0 Å². The van der Waals surface area contributed by atoms with Crippen molar-refractivity contribution in [3.05, 3.63) is 6.92 Å². The fourth-order valence-corrected chi connectivity index (χ4v) is 0.684. The van der Waals surface area contributed by atoms with E-state index < -0.39 is 0 Å². The fourth-order valence-electron chi connectivity index (χ4n) is 0.684. The monoisotopic (exact) mass is 129 g/mol. The molecular weight excluding hydrogens is 112 g/mol. The van der Waals surface area contributed by atoms with Gasteiger partial charge in [0.1, 0.15) is 0 Å².